The molecule has 0 bridgehead atoms. The number of nitrogens with one attached hydrogen (secondary N) is 1. The van der Waals surface area contributed by atoms with Gasteiger partial charge >= 0.3 is 0 Å². The van der Waals surface area contributed by atoms with Crippen LogP contribution in [0.1, 0.15) is 32.0 Å². The number of hydrogen-bond donors (Lipinski definition) is 1. The van der Waals surface area contributed by atoms with Crippen LogP contribution in [-0.4, -0.2) is 36.7 Å². The van der Waals surface area contributed by atoms with E-state index < -0.39 is 0 Å². The van der Waals surface area contributed by atoms with Crippen LogP contribution in [0.5, 0.6) is 0 Å². The van der Waals surface area contributed by atoms with Crippen LogP contribution in [0.4, 0.5) is 11.6 Å². The minimum absolute atomic E-state index is 0.461. The summed E-state index contributed by atoms with van der Waals surface area (Å²) in [4.78, 5) is 11.3. The Kier molecular flexibility index (Phi) is 4.75. The molecule has 0 unspecified atom stereocenters. The van der Waals surface area contributed by atoms with Crippen molar-refractivity contribution in [3.05, 3.63) is 11.9 Å². The summed E-state index contributed by atoms with van der Waals surface area (Å²) < 4.78 is 5.13. The van der Waals surface area contributed by atoms with Crippen LogP contribution in [-0.2, 0) is 11.3 Å². The van der Waals surface area contributed by atoms with Crippen LogP contribution >= 0.6 is 0 Å². The van der Waals surface area contributed by atoms with Gasteiger partial charge in [-0.3, -0.25) is 0 Å². The predicted octanol–water partition coefficient (Wildman–Crippen LogP) is 2.05. The number of ether oxygens (including phenoxy) is 1. The number of rotatable bonds is 6. The van der Waals surface area contributed by atoms with Crippen molar-refractivity contribution in [3.8, 4) is 0 Å². The quantitative estimate of drug-likeness (QED) is 0.837. The first kappa shape index (κ1) is 13.1. The molecule has 0 aromatic carbocycles. The van der Waals surface area contributed by atoms with Crippen molar-refractivity contribution in [2.24, 2.45) is 0 Å². The van der Waals surface area contributed by atoms with Crippen LogP contribution in [0.3, 0.4) is 0 Å². The van der Waals surface area contributed by atoms with Gasteiger partial charge in [0.15, 0.2) is 5.82 Å². The minimum atomic E-state index is 0.461. The van der Waals surface area contributed by atoms with Gasteiger partial charge in [-0.25, -0.2) is 9.97 Å². The van der Waals surface area contributed by atoms with Crippen LogP contribution in [0, 0.1) is 0 Å². The number of methoxy groups -OCH3 is 1. The molecule has 0 aliphatic carbocycles. The Morgan fingerprint density at radius 3 is 2.78 bits per heavy atom. The fourth-order valence-electron chi connectivity index (χ4n) is 2.13. The van der Waals surface area contributed by atoms with Crippen molar-refractivity contribution >= 4 is 11.6 Å². The van der Waals surface area contributed by atoms with E-state index in [0.717, 1.165) is 43.5 Å². The predicted molar refractivity (Wildman–Crippen MR) is 73.0 cm³/mol. The van der Waals surface area contributed by atoms with E-state index in [1.165, 1.54) is 12.8 Å². The molecule has 0 amide bonds. The zero-order valence-electron chi connectivity index (χ0n) is 11.3. The van der Waals surface area contributed by atoms with E-state index in [4.69, 9.17) is 4.74 Å². The van der Waals surface area contributed by atoms with Crippen LogP contribution in [0.15, 0.2) is 6.07 Å². The summed E-state index contributed by atoms with van der Waals surface area (Å²) in [5, 5.41) is 3.32. The molecule has 1 aliphatic heterocycles. The molecule has 1 N–H and O–H groups in total. The lowest BCUT2D eigenvalue weighted by molar-refractivity contribution is 0.178. The summed E-state index contributed by atoms with van der Waals surface area (Å²) in [7, 11) is 1.67. The first-order valence-electron chi connectivity index (χ1n) is 6.69. The molecular formula is C13H22N4O. The van der Waals surface area contributed by atoms with E-state index >= 15 is 0 Å². The number of nitrogens with zero attached hydrogens (tertiary/aromatic N) is 3. The molecule has 0 saturated carbocycles. The van der Waals surface area contributed by atoms with Crippen molar-refractivity contribution in [1.29, 1.82) is 0 Å². The van der Waals surface area contributed by atoms with E-state index in [-0.39, 0.29) is 0 Å². The molecule has 1 aromatic rings. The Morgan fingerprint density at radius 1 is 1.33 bits per heavy atom. The molecular weight excluding hydrogens is 228 g/mol. The van der Waals surface area contributed by atoms with Gasteiger partial charge in [-0.15, -0.1) is 0 Å². The van der Waals surface area contributed by atoms with Gasteiger partial charge in [-0.2, -0.15) is 0 Å². The third-order valence-electron chi connectivity index (χ3n) is 3.02. The Bertz CT molecular complexity index is 377. The van der Waals surface area contributed by atoms with Crippen LogP contribution < -0.4 is 10.2 Å². The van der Waals surface area contributed by atoms with Crippen molar-refractivity contribution in [2.45, 2.75) is 32.8 Å². The van der Waals surface area contributed by atoms with Gasteiger partial charge in [0, 0.05) is 32.8 Å². The average molecular weight is 250 g/mol. The minimum Gasteiger partial charge on any atom is -0.377 e. The summed E-state index contributed by atoms with van der Waals surface area (Å²) >= 11 is 0. The Labute approximate surface area is 109 Å². The highest BCUT2D eigenvalue weighted by molar-refractivity contribution is 5.49. The monoisotopic (exact) mass is 250 g/mol. The fraction of sp³-hybridized carbons (Fsp3) is 0.692. The second-order valence-electron chi connectivity index (χ2n) is 4.58. The van der Waals surface area contributed by atoms with Gasteiger partial charge in [-0.05, 0) is 19.3 Å². The molecule has 18 heavy (non-hydrogen) atoms. The van der Waals surface area contributed by atoms with Gasteiger partial charge in [0.05, 0.1) is 0 Å². The van der Waals surface area contributed by atoms with Crippen LogP contribution in [0.2, 0.25) is 0 Å². The molecule has 1 fully saturated rings. The van der Waals surface area contributed by atoms with Gasteiger partial charge in [-0.1, -0.05) is 6.92 Å². The molecule has 1 saturated heterocycles. The molecule has 1 aromatic heterocycles. The summed E-state index contributed by atoms with van der Waals surface area (Å²) in [6.45, 7) is 5.73. The largest absolute Gasteiger partial charge is 0.377 e. The molecule has 0 radical (unpaired) electrons. The van der Waals surface area contributed by atoms with Gasteiger partial charge in [0.25, 0.3) is 0 Å². The summed E-state index contributed by atoms with van der Waals surface area (Å²) in [5.74, 6) is 2.68. The SMILES string of the molecule is CCCNc1cc(N2CCCC2)nc(COC)n1. The molecule has 100 valence electrons. The van der Waals surface area contributed by atoms with Crippen molar-refractivity contribution in [1.82, 2.24) is 9.97 Å². The van der Waals surface area contributed by atoms with Gasteiger partial charge in [0.2, 0.25) is 0 Å². The number of aromatic nitrogens is 2. The molecule has 1 aliphatic rings. The Balaban J connectivity index is 2.17. The third-order valence-corrected chi connectivity index (χ3v) is 3.02. The van der Waals surface area contributed by atoms with E-state index in [1.807, 2.05) is 6.07 Å². The number of anilines is 2. The normalized spacial score (nSPS) is 15.1. The van der Waals surface area contributed by atoms with Gasteiger partial charge < -0.3 is 15.0 Å². The highest BCUT2D eigenvalue weighted by Gasteiger charge is 2.15. The lowest BCUT2D eigenvalue weighted by atomic mass is 10.4. The lowest BCUT2D eigenvalue weighted by Crippen LogP contribution is -2.20. The molecule has 5 heteroatoms. The maximum atomic E-state index is 5.13. The van der Waals surface area contributed by atoms with E-state index in [0.29, 0.717) is 6.61 Å². The van der Waals surface area contributed by atoms with Crippen LogP contribution in [0.25, 0.3) is 0 Å². The fourth-order valence-corrected chi connectivity index (χ4v) is 2.13. The number of hydrogen-bond acceptors (Lipinski definition) is 5. The molecule has 0 atom stereocenters. The second-order valence-corrected chi connectivity index (χ2v) is 4.58. The maximum absolute atomic E-state index is 5.13. The van der Waals surface area contributed by atoms with E-state index in [9.17, 15) is 0 Å². The summed E-state index contributed by atoms with van der Waals surface area (Å²) in [6.07, 6.45) is 3.59. The molecule has 2 rings (SSSR count). The van der Waals surface area contributed by atoms with Gasteiger partial charge in [0.1, 0.15) is 18.2 Å². The third kappa shape index (κ3) is 3.32. The first-order valence-corrected chi connectivity index (χ1v) is 6.69. The maximum Gasteiger partial charge on any atom is 0.158 e. The Hall–Kier alpha value is -1.36. The highest BCUT2D eigenvalue weighted by atomic mass is 16.5. The standard InChI is InChI=1S/C13H22N4O/c1-3-6-14-11-9-13(17-7-4-5-8-17)16-12(15-11)10-18-2/h9H,3-8,10H2,1-2H3,(H,14,15,16). The van der Waals surface area contributed by atoms with E-state index in [2.05, 4.69) is 27.1 Å². The first-order chi connectivity index (χ1) is 8.83. The lowest BCUT2D eigenvalue weighted by Gasteiger charge is -2.18. The zero-order chi connectivity index (χ0) is 12.8. The van der Waals surface area contributed by atoms with E-state index in [1.54, 1.807) is 7.11 Å². The Morgan fingerprint density at radius 2 is 2.11 bits per heavy atom. The topological polar surface area (TPSA) is 50.3 Å². The van der Waals surface area contributed by atoms with Crippen molar-refractivity contribution in [2.75, 3.05) is 37.0 Å². The van der Waals surface area contributed by atoms with Crippen molar-refractivity contribution < 1.29 is 4.74 Å². The van der Waals surface area contributed by atoms with Crippen molar-refractivity contribution in [3.63, 3.8) is 0 Å². The summed E-state index contributed by atoms with van der Waals surface area (Å²) in [5.41, 5.74) is 0. The molecule has 5 nitrogen and oxygen atoms in total. The summed E-state index contributed by atoms with van der Waals surface area (Å²) in [6, 6.07) is 2.04. The molecule has 0 spiro atoms. The zero-order valence-corrected chi connectivity index (χ0v) is 11.3. The average Bonchev–Trinajstić information content (AvgIpc) is 2.90. The second kappa shape index (κ2) is 6.54. The smallest absolute Gasteiger partial charge is 0.158 e. The highest BCUT2D eigenvalue weighted by Crippen LogP contribution is 2.20. The molecule has 2 heterocycles.